The first-order chi connectivity index (χ1) is 10.6. The second-order valence-corrected chi connectivity index (χ2v) is 6.13. The summed E-state index contributed by atoms with van der Waals surface area (Å²) in [5.41, 5.74) is 1.81. The molecule has 1 heterocycles. The predicted octanol–water partition coefficient (Wildman–Crippen LogP) is 3.00. The van der Waals surface area contributed by atoms with Gasteiger partial charge in [-0.25, -0.2) is 0 Å². The van der Waals surface area contributed by atoms with Crippen LogP contribution in [0.15, 0.2) is 36.4 Å². The van der Waals surface area contributed by atoms with Gasteiger partial charge in [-0.15, -0.1) is 0 Å². The maximum absolute atomic E-state index is 10.1. The topological polar surface area (TPSA) is 72.7 Å². The Kier molecular flexibility index (Phi) is 4.14. The summed E-state index contributed by atoms with van der Waals surface area (Å²) >= 11 is 5.96. The zero-order chi connectivity index (χ0) is 15.7. The monoisotopic (exact) mass is 319 g/mol. The van der Waals surface area contributed by atoms with Crippen molar-refractivity contribution < 1.29 is 15.3 Å². The van der Waals surface area contributed by atoms with Gasteiger partial charge in [0.25, 0.3) is 0 Å². The van der Waals surface area contributed by atoms with Gasteiger partial charge in [-0.2, -0.15) is 0 Å². The van der Waals surface area contributed by atoms with Crippen molar-refractivity contribution in [1.82, 2.24) is 5.32 Å². The molecule has 116 valence electrons. The second-order valence-electron chi connectivity index (χ2n) is 5.72. The SMILES string of the molecule is Oc1ccc(C2CNCC2Cc2cccc(Cl)c2O)cc1O. The van der Waals surface area contributed by atoms with Crippen molar-refractivity contribution in [3.8, 4) is 17.2 Å². The van der Waals surface area contributed by atoms with Crippen molar-refractivity contribution in [2.45, 2.75) is 12.3 Å². The third-order valence-electron chi connectivity index (χ3n) is 4.32. The molecule has 2 aromatic rings. The maximum atomic E-state index is 10.1. The molecule has 1 fully saturated rings. The molecule has 5 heteroatoms. The van der Waals surface area contributed by atoms with Crippen molar-refractivity contribution in [3.05, 3.63) is 52.5 Å². The molecule has 0 bridgehead atoms. The Balaban J connectivity index is 1.84. The van der Waals surface area contributed by atoms with Gasteiger partial charge in [0.2, 0.25) is 0 Å². The van der Waals surface area contributed by atoms with Crippen LogP contribution in [0.25, 0.3) is 0 Å². The van der Waals surface area contributed by atoms with Gasteiger partial charge < -0.3 is 20.6 Å². The molecule has 4 nitrogen and oxygen atoms in total. The summed E-state index contributed by atoms with van der Waals surface area (Å²) < 4.78 is 0. The molecule has 1 saturated heterocycles. The number of hydrogen-bond donors (Lipinski definition) is 4. The van der Waals surface area contributed by atoms with Crippen LogP contribution in [0, 0.1) is 5.92 Å². The molecule has 22 heavy (non-hydrogen) atoms. The minimum Gasteiger partial charge on any atom is -0.506 e. The van der Waals surface area contributed by atoms with Gasteiger partial charge >= 0.3 is 0 Å². The summed E-state index contributed by atoms with van der Waals surface area (Å²) in [6.45, 7) is 1.63. The molecule has 3 rings (SSSR count). The standard InChI is InChI=1S/C17H18ClNO3/c18-14-3-1-2-11(17(14)22)6-12-8-19-9-13(12)10-4-5-15(20)16(21)7-10/h1-5,7,12-13,19-22H,6,8-9H2. The first-order valence-electron chi connectivity index (χ1n) is 7.25. The summed E-state index contributed by atoms with van der Waals surface area (Å²) in [5, 5.41) is 32.9. The van der Waals surface area contributed by atoms with Gasteiger partial charge in [0, 0.05) is 12.5 Å². The maximum Gasteiger partial charge on any atom is 0.157 e. The molecule has 0 amide bonds. The fraction of sp³-hybridized carbons (Fsp3) is 0.294. The van der Waals surface area contributed by atoms with Crippen LogP contribution in [-0.4, -0.2) is 28.4 Å². The summed E-state index contributed by atoms with van der Waals surface area (Å²) in [4.78, 5) is 0. The first-order valence-corrected chi connectivity index (χ1v) is 7.63. The molecule has 0 saturated carbocycles. The number of phenols is 3. The first kappa shape index (κ1) is 15.0. The number of aromatic hydroxyl groups is 3. The number of nitrogens with one attached hydrogen (secondary N) is 1. The summed E-state index contributed by atoms with van der Waals surface area (Å²) in [6, 6.07) is 10.3. The highest BCUT2D eigenvalue weighted by molar-refractivity contribution is 6.32. The summed E-state index contributed by atoms with van der Waals surface area (Å²) in [7, 11) is 0. The average molecular weight is 320 g/mol. The van der Waals surface area contributed by atoms with Gasteiger partial charge in [0.15, 0.2) is 11.5 Å². The molecule has 2 unspecified atom stereocenters. The predicted molar refractivity (Wildman–Crippen MR) is 85.7 cm³/mol. The number of benzene rings is 2. The van der Waals surface area contributed by atoms with E-state index in [9.17, 15) is 15.3 Å². The van der Waals surface area contributed by atoms with Crippen molar-refractivity contribution in [2.24, 2.45) is 5.92 Å². The number of halogens is 1. The van der Waals surface area contributed by atoms with E-state index in [0.717, 1.165) is 24.2 Å². The molecule has 4 N–H and O–H groups in total. The Morgan fingerprint density at radius 1 is 1.05 bits per heavy atom. The average Bonchev–Trinajstić information content (AvgIpc) is 2.95. The molecule has 2 aromatic carbocycles. The molecule has 0 aromatic heterocycles. The quantitative estimate of drug-likeness (QED) is 0.656. The van der Waals surface area contributed by atoms with Gasteiger partial charge in [-0.3, -0.25) is 0 Å². The normalized spacial score (nSPS) is 21.1. The largest absolute Gasteiger partial charge is 0.506 e. The lowest BCUT2D eigenvalue weighted by atomic mass is 9.84. The Morgan fingerprint density at radius 2 is 1.86 bits per heavy atom. The molecule has 0 aliphatic carbocycles. The van der Waals surface area contributed by atoms with E-state index in [1.807, 2.05) is 18.2 Å². The third kappa shape index (κ3) is 2.85. The Morgan fingerprint density at radius 3 is 2.64 bits per heavy atom. The Bertz CT molecular complexity index is 690. The minimum atomic E-state index is -0.112. The number of para-hydroxylation sites is 1. The Labute approximate surface area is 134 Å². The molecule has 0 spiro atoms. The van der Waals surface area contributed by atoms with Crippen LogP contribution in [0.2, 0.25) is 5.02 Å². The van der Waals surface area contributed by atoms with Crippen molar-refractivity contribution in [3.63, 3.8) is 0 Å². The smallest absolute Gasteiger partial charge is 0.157 e. The van der Waals surface area contributed by atoms with E-state index >= 15 is 0 Å². The van der Waals surface area contributed by atoms with Crippen LogP contribution in [0.1, 0.15) is 17.0 Å². The molecule has 0 radical (unpaired) electrons. The lowest BCUT2D eigenvalue weighted by Gasteiger charge is -2.20. The number of phenolic OH excluding ortho intramolecular Hbond substituents is 3. The highest BCUT2D eigenvalue weighted by atomic mass is 35.5. The summed E-state index contributed by atoms with van der Waals surface area (Å²) in [5.74, 6) is 0.425. The third-order valence-corrected chi connectivity index (χ3v) is 4.62. The molecular weight excluding hydrogens is 302 g/mol. The van der Waals surface area contributed by atoms with Crippen molar-refractivity contribution >= 4 is 11.6 Å². The van der Waals surface area contributed by atoms with Gasteiger partial charge in [-0.05, 0) is 48.2 Å². The van der Waals surface area contributed by atoms with Crippen LogP contribution < -0.4 is 5.32 Å². The van der Waals surface area contributed by atoms with E-state index in [1.165, 1.54) is 6.07 Å². The zero-order valence-corrected chi connectivity index (χ0v) is 12.7. The van der Waals surface area contributed by atoms with Gasteiger partial charge in [0.1, 0.15) is 5.75 Å². The van der Waals surface area contributed by atoms with Gasteiger partial charge in [0.05, 0.1) is 5.02 Å². The zero-order valence-electron chi connectivity index (χ0n) is 12.0. The van der Waals surface area contributed by atoms with Crippen LogP contribution in [0.3, 0.4) is 0 Å². The lowest BCUT2D eigenvalue weighted by Crippen LogP contribution is -2.14. The number of hydrogen-bond acceptors (Lipinski definition) is 4. The summed E-state index contributed by atoms with van der Waals surface area (Å²) in [6.07, 6.45) is 0.700. The molecule has 1 aliphatic heterocycles. The highest BCUT2D eigenvalue weighted by Gasteiger charge is 2.29. The highest BCUT2D eigenvalue weighted by Crippen LogP contribution is 2.37. The van der Waals surface area contributed by atoms with E-state index in [2.05, 4.69) is 5.32 Å². The minimum absolute atomic E-state index is 0.103. The van der Waals surface area contributed by atoms with Crippen LogP contribution in [0.4, 0.5) is 0 Å². The lowest BCUT2D eigenvalue weighted by molar-refractivity contribution is 0.401. The van der Waals surface area contributed by atoms with Crippen molar-refractivity contribution in [1.29, 1.82) is 0 Å². The fourth-order valence-electron chi connectivity index (χ4n) is 3.12. The molecular formula is C17H18ClNO3. The van der Waals surface area contributed by atoms with Crippen LogP contribution in [-0.2, 0) is 6.42 Å². The van der Waals surface area contributed by atoms with Gasteiger partial charge in [-0.1, -0.05) is 29.8 Å². The van der Waals surface area contributed by atoms with E-state index < -0.39 is 0 Å². The van der Waals surface area contributed by atoms with E-state index in [4.69, 9.17) is 11.6 Å². The Hall–Kier alpha value is -1.91. The fourth-order valence-corrected chi connectivity index (χ4v) is 3.31. The molecule has 1 aliphatic rings. The van der Waals surface area contributed by atoms with Crippen molar-refractivity contribution in [2.75, 3.05) is 13.1 Å². The van der Waals surface area contributed by atoms with E-state index in [1.54, 1.807) is 12.1 Å². The van der Waals surface area contributed by atoms with Crippen LogP contribution in [0.5, 0.6) is 17.2 Å². The van der Waals surface area contributed by atoms with Crippen LogP contribution >= 0.6 is 11.6 Å². The number of rotatable bonds is 3. The van der Waals surface area contributed by atoms with E-state index in [-0.39, 0.29) is 29.1 Å². The molecule has 2 atom stereocenters. The van der Waals surface area contributed by atoms with E-state index in [0.29, 0.717) is 11.4 Å². The second kappa shape index (κ2) is 6.07.